The summed E-state index contributed by atoms with van der Waals surface area (Å²) in [7, 11) is -4.37. The summed E-state index contributed by atoms with van der Waals surface area (Å²) in [6.07, 6.45) is -4.78. The topological polar surface area (TPSA) is 60.9 Å². The molecule has 2 aromatic carbocycles. The van der Waals surface area contributed by atoms with E-state index in [0.717, 1.165) is 0 Å². The van der Waals surface area contributed by atoms with E-state index in [9.17, 15) is 30.8 Å². The molecule has 2 aliphatic heterocycles. The largest absolute Gasteiger partial charge is 0.402 e. The number of rotatable bonds is 7. The highest BCUT2D eigenvalue weighted by Crippen LogP contribution is 2.38. The molecule has 1 unspecified atom stereocenters. The number of hydrogen-bond donors (Lipinski definition) is 0. The van der Waals surface area contributed by atoms with Crippen LogP contribution in [0.25, 0.3) is 0 Å². The summed E-state index contributed by atoms with van der Waals surface area (Å²) in [5.74, 6) is -1.41. The van der Waals surface area contributed by atoms with Gasteiger partial charge in [0.2, 0.25) is 15.9 Å². The monoisotopic (exact) mass is 485 g/mol. The lowest BCUT2D eigenvalue weighted by atomic mass is 9.85. The lowest BCUT2D eigenvalue weighted by Crippen LogP contribution is -2.79. The molecular weight excluding hydrogens is 462 g/mol. The number of anilines is 1. The van der Waals surface area contributed by atoms with Gasteiger partial charge in [0.1, 0.15) is 12.4 Å². The highest BCUT2D eigenvalue weighted by atomic mass is 32.2. The average Bonchev–Trinajstić information content (AvgIpc) is 2.69. The molecule has 0 N–H and O–H groups in total. The third-order valence-corrected chi connectivity index (χ3v) is 7.82. The Kier molecular flexibility index (Phi) is 6.12. The van der Waals surface area contributed by atoms with Gasteiger partial charge in [-0.3, -0.25) is 4.79 Å². The van der Waals surface area contributed by atoms with Crippen LogP contribution in [0.4, 0.5) is 23.2 Å². The van der Waals surface area contributed by atoms with Gasteiger partial charge >= 0.3 is 6.18 Å². The van der Waals surface area contributed by atoms with E-state index in [1.807, 2.05) is 4.90 Å². The van der Waals surface area contributed by atoms with Gasteiger partial charge in [-0.25, -0.2) is 12.8 Å². The number of carbonyl (C=O) groups is 1. The van der Waals surface area contributed by atoms with Crippen LogP contribution in [0.5, 0.6) is 0 Å². The number of fused-ring (bicyclic) bond motifs is 1. The normalized spacial score (nSPS) is 20.3. The Morgan fingerprint density at radius 2 is 1.79 bits per heavy atom. The summed E-state index contributed by atoms with van der Waals surface area (Å²) >= 11 is 0. The lowest BCUT2D eigenvalue weighted by molar-refractivity contribution is -0.141. The molecule has 6 nitrogen and oxygen atoms in total. The maximum atomic E-state index is 14.8. The molecule has 0 spiro atoms. The van der Waals surface area contributed by atoms with Gasteiger partial charge in [0, 0.05) is 37.8 Å². The number of benzene rings is 2. The zero-order valence-corrected chi connectivity index (χ0v) is 18.6. The molecule has 0 bridgehead atoms. The second kappa shape index (κ2) is 8.60. The zero-order chi connectivity index (χ0) is 24.0. The SMILES string of the molecule is CC(=O)N1CC2[C@@H]1CN2c1ccc(CN(CC(F)(F)F)S(=O)(=O)Cc2ccccc2)c(F)c1. The van der Waals surface area contributed by atoms with Crippen molar-refractivity contribution in [1.82, 2.24) is 9.21 Å². The molecule has 33 heavy (non-hydrogen) atoms. The maximum Gasteiger partial charge on any atom is 0.402 e. The number of carbonyl (C=O) groups excluding carboxylic acids is 1. The van der Waals surface area contributed by atoms with Crippen molar-refractivity contribution in [2.24, 2.45) is 0 Å². The Morgan fingerprint density at radius 1 is 1.09 bits per heavy atom. The number of likely N-dealkylation sites (tertiary alicyclic amines) is 1. The fraction of sp³-hybridized carbons (Fsp3) is 0.409. The number of nitrogens with zero attached hydrogens (tertiary/aromatic N) is 3. The van der Waals surface area contributed by atoms with Crippen LogP contribution in [0.15, 0.2) is 48.5 Å². The van der Waals surface area contributed by atoms with Crippen LogP contribution in [0.1, 0.15) is 18.1 Å². The number of alkyl halides is 3. The fourth-order valence-electron chi connectivity index (χ4n) is 4.27. The first-order chi connectivity index (χ1) is 15.4. The van der Waals surface area contributed by atoms with Crippen molar-refractivity contribution in [3.05, 3.63) is 65.5 Å². The molecular formula is C22H23F4N3O3S. The molecule has 4 rings (SSSR count). The molecule has 2 aromatic rings. The average molecular weight is 486 g/mol. The van der Waals surface area contributed by atoms with Crippen molar-refractivity contribution >= 4 is 21.6 Å². The van der Waals surface area contributed by atoms with E-state index >= 15 is 0 Å². The molecule has 1 amide bonds. The molecule has 0 saturated carbocycles. The van der Waals surface area contributed by atoms with Gasteiger partial charge in [-0.15, -0.1) is 0 Å². The predicted molar refractivity (Wildman–Crippen MR) is 114 cm³/mol. The molecule has 0 aliphatic carbocycles. The molecule has 178 valence electrons. The quantitative estimate of drug-likeness (QED) is 0.566. The second-order valence-corrected chi connectivity index (χ2v) is 10.3. The van der Waals surface area contributed by atoms with Gasteiger partial charge in [0.25, 0.3) is 0 Å². The molecule has 11 heteroatoms. The predicted octanol–water partition coefficient (Wildman–Crippen LogP) is 3.14. The molecule has 2 saturated heterocycles. The summed E-state index contributed by atoms with van der Waals surface area (Å²) in [6.45, 7) is 0.145. The van der Waals surface area contributed by atoms with Gasteiger partial charge in [-0.05, 0) is 17.7 Å². The standard InChI is InChI=1S/C22H23F4N3O3S/c1-15(30)28-11-21-20(28)12-29(21)18-8-7-17(19(23)9-18)10-27(14-22(24,25)26)33(31,32)13-16-5-3-2-4-6-16/h2-9,20-21H,10-14H2,1H3/t20-,21?/m0/s1. The van der Waals surface area contributed by atoms with Gasteiger partial charge in [-0.1, -0.05) is 36.4 Å². The van der Waals surface area contributed by atoms with Crippen LogP contribution in [-0.4, -0.2) is 61.4 Å². The lowest BCUT2D eigenvalue weighted by Gasteiger charge is -2.62. The molecule has 0 aromatic heterocycles. The van der Waals surface area contributed by atoms with E-state index in [-0.39, 0.29) is 27.9 Å². The Morgan fingerprint density at radius 3 is 2.33 bits per heavy atom. The summed E-state index contributed by atoms with van der Waals surface area (Å²) in [6, 6.07) is 12.1. The van der Waals surface area contributed by atoms with E-state index < -0.39 is 40.9 Å². The number of hydrogen-bond acceptors (Lipinski definition) is 4. The van der Waals surface area contributed by atoms with Crippen molar-refractivity contribution in [2.75, 3.05) is 24.5 Å². The van der Waals surface area contributed by atoms with Gasteiger partial charge < -0.3 is 9.80 Å². The maximum absolute atomic E-state index is 14.8. The van der Waals surface area contributed by atoms with Crippen molar-refractivity contribution in [2.45, 2.75) is 37.5 Å². The second-order valence-electron chi connectivity index (χ2n) is 8.36. The Balaban J connectivity index is 1.50. The third kappa shape index (κ3) is 4.98. The first-order valence-electron chi connectivity index (χ1n) is 10.4. The number of sulfonamides is 1. The summed E-state index contributed by atoms with van der Waals surface area (Å²) < 4.78 is 80.0. The number of halogens is 4. The minimum atomic E-state index is -4.78. The molecule has 0 radical (unpaired) electrons. The van der Waals surface area contributed by atoms with Crippen LogP contribution in [0.3, 0.4) is 0 Å². The smallest absolute Gasteiger partial charge is 0.362 e. The minimum absolute atomic E-state index is 0.0149. The van der Waals surface area contributed by atoms with Crippen molar-refractivity contribution in [1.29, 1.82) is 0 Å². The molecule has 2 heterocycles. The molecule has 2 atom stereocenters. The number of amides is 1. The number of piperazine rings is 1. The van der Waals surface area contributed by atoms with E-state index in [1.165, 1.54) is 31.2 Å². The Hall–Kier alpha value is -2.66. The highest BCUT2D eigenvalue weighted by Gasteiger charge is 2.52. The first-order valence-corrected chi connectivity index (χ1v) is 12.0. The minimum Gasteiger partial charge on any atom is -0.362 e. The molecule has 2 aliphatic rings. The fourth-order valence-corrected chi connectivity index (χ4v) is 5.75. The Labute approximate surface area is 189 Å². The van der Waals surface area contributed by atoms with E-state index in [4.69, 9.17) is 0 Å². The summed E-state index contributed by atoms with van der Waals surface area (Å²) in [4.78, 5) is 15.1. The Bertz CT molecular complexity index is 1140. The van der Waals surface area contributed by atoms with Gasteiger partial charge in [-0.2, -0.15) is 17.5 Å². The highest BCUT2D eigenvalue weighted by molar-refractivity contribution is 7.88. The zero-order valence-electron chi connectivity index (χ0n) is 17.8. The van der Waals surface area contributed by atoms with E-state index in [1.54, 1.807) is 29.2 Å². The van der Waals surface area contributed by atoms with Crippen LogP contribution in [0, 0.1) is 5.82 Å². The van der Waals surface area contributed by atoms with Crippen LogP contribution in [-0.2, 0) is 27.1 Å². The van der Waals surface area contributed by atoms with Crippen LogP contribution >= 0.6 is 0 Å². The van der Waals surface area contributed by atoms with Crippen molar-refractivity contribution < 1.29 is 30.8 Å². The van der Waals surface area contributed by atoms with Crippen molar-refractivity contribution in [3.63, 3.8) is 0 Å². The van der Waals surface area contributed by atoms with Crippen molar-refractivity contribution in [3.8, 4) is 0 Å². The summed E-state index contributed by atoms with van der Waals surface area (Å²) in [5, 5.41) is 0. The van der Waals surface area contributed by atoms with E-state index in [0.29, 0.717) is 24.3 Å². The van der Waals surface area contributed by atoms with Gasteiger partial charge in [0.15, 0.2) is 0 Å². The van der Waals surface area contributed by atoms with Gasteiger partial charge in [0.05, 0.1) is 17.8 Å². The first kappa shape index (κ1) is 23.5. The van der Waals surface area contributed by atoms with E-state index in [2.05, 4.69) is 0 Å². The molecule has 2 fully saturated rings. The summed E-state index contributed by atoms with van der Waals surface area (Å²) in [5.41, 5.74) is 0.749. The third-order valence-electron chi connectivity index (χ3n) is 6.07. The van der Waals surface area contributed by atoms with Crippen LogP contribution < -0.4 is 4.90 Å². The van der Waals surface area contributed by atoms with Crippen LogP contribution in [0.2, 0.25) is 0 Å².